The highest BCUT2D eigenvalue weighted by Crippen LogP contribution is 2.27. The van der Waals surface area contributed by atoms with Crippen molar-refractivity contribution in [1.82, 2.24) is 19.4 Å². The van der Waals surface area contributed by atoms with Gasteiger partial charge in [-0.15, -0.1) is 0 Å². The Morgan fingerprint density at radius 1 is 1.00 bits per heavy atom. The van der Waals surface area contributed by atoms with Gasteiger partial charge >= 0.3 is 0 Å². The number of benzene rings is 1. The molecule has 182 valence electrons. The summed E-state index contributed by atoms with van der Waals surface area (Å²) >= 11 is 5.79. The molecule has 1 aliphatic carbocycles. The van der Waals surface area contributed by atoms with Crippen molar-refractivity contribution in [3.05, 3.63) is 93.1 Å². The number of halogens is 2. The number of fused-ring (bicyclic) bond motifs is 2. The largest absolute Gasteiger partial charge is 0.381 e. The van der Waals surface area contributed by atoms with Crippen LogP contribution in [-0.2, 0) is 17.6 Å². The predicted molar refractivity (Wildman–Crippen MR) is 135 cm³/mol. The molecular weight excluding hydrogens is 467 g/mol. The van der Waals surface area contributed by atoms with E-state index in [-0.39, 0.29) is 11.1 Å². The summed E-state index contributed by atoms with van der Waals surface area (Å²) in [5.41, 5.74) is 3.56. The maximum atomic E-state index is 14.2. The predicted octanol–water partition coefficient (Wildman–Crippen LogP) is 5.61. The average molecular weight is 495 g/mol. The molecule has 35 heavy (non-hydrogen) atoms. The molecule has 0 N–H and O–H groups in total. The van der Waals surface area contributed by atoms with Gasteiger partial charge in [-0.2, -0.15) is 0 Å². The molecule has 0 spiro atoms. The second-order valence-electron chi connectivity index (χ2n) is 8.43. The van der Waals surface area contributed by atoms with Crippen LogP contribution < -0.4 is 5.56 Å². The number of rotatable bonds is 1. The van der Waals surface area contributed by atoms with Gasteiger partial charge < -0.3 is 4.74 Å². The molecule has 4 heterocycles. The Labute approximate surface area is 208 Å². The van der Waals surface area contributed by atoms with Gasteiger partial charge in [-0.1, -0.05) is 17.7 Å². The van der Waals surface area contributed by atoms with Crippen LogP contribution in [0.15, 0.2) is 59.8 Å². The molecule has 4 aromatic rings. The molecule has 0 amide bonds. The average Bonchev–Trinajstić information content (AvgIpc) is 3.36. The van der Waals surface area contributed by atoms with Crippen molar-refractivity contribution in [2.75, 3.05) is 13.2 Å². The van der Waals surface area contributed by atoms with Crippen LogP contribution in [0.2, 0.25) is 5.02 Å². The third kappa shape index (κ3) is 6.29. The highest BCUT2D eigenvalue weighted by Gasteiger charge is 2.20. The normalized spacial score (nSPS) is 14.4. The van der Waals surface area contributed by atoms with Crippen LogP contribution >= 0.6 is 11.6 Å². The monoisotopic (exact) mass is 494 g/mol. The zero-order valence-electron chi connectivity index (χ0n) is 19.7. The van der Waals surface area contributed by atoms with Crippen LogP contribution in [0, 0.1) is 12.7 Å². The zero-order valence-corrected chi connectivity index (χ0v) is 20.5. The van der Waals surface area contributed by atoms with E-state index < -0.39 is 5.82 Å². The summed E-state index contributed by atoms with van der Waals surface area (Å²) in [6.45, 7) is 3.97. The molecule has 0 bridgehead atoms. The number of nitrogens with zero attached hydrogens (tertiary/aromatic N) is 4. The van der Waals surface area contributed by atoms with Gasteiger partial charge in [0.1, 0.15) is 11.5 Å². The van der Waals surface area contributed by atoms with E-state index in [1.54, 1.807) is 24.5 Å². The van der Waals surface area contributed by atoms with Crippen LogP contribution in [0.1, 0.15) is 42.6 Å². The highest BCUT2D eigenvalue weighted by atomic mass is 35.5. The molecule has 2 aliphatic rings. The Balaban J connectivity index is 0.000000181. The second kappa shape index (κ2) is 12.0. The van der Waals surface area contributed by atoms with E-state index in [4.69, 9.17) is 16.3 Å². The molecule has 0 saturated carbocycles. The molecule has 1 aliphatic heterocycles. The van der Waals surface area contributed by atoms with E-state index in [1.165, 1.54) is 35.9 Å². The number of pyridine rings is 1. The van der Waals surface area contributed by atoms with Gasteiger partial charge in [-0.05, 0) is 75.8 Å². The number of aryl methyl sites for hydroxylation is 2. The summed E-state index contributed by atoms with van der Waals surface area (Å²) in [5.74, 6) is -0.483. The first-order chi connectivity index (χ1) is 17.0. The van der Waals surface area contributed by atoms with Gasteiger partial charge in [0.15, 0.2) is 5.65 Å². The number of aromatic nitrogens is 4. The first-order valence-corrected chi connectivity index (χ1v) is 12.2. The summed E-state index contributed by atoms with van der Waals surface area (Å²) in [5, 5.41) is 0.313. The van der Waals surface area contributed by atoms with E-state index in [0.717, 1.165) is 49.4 Å². The minimum Gasteiger partial charge on any atom is -0.381 e. The third-order valence-electron chi connectivity index (χ3n) is 5.84. The summed E-state index contributed by atoms with van der Waals surface area (Å²) in [4.78, 5) is 25.3. The lowest BCUT2D eigenvalue weighted by molar-refractivity contribution is 0.0968. The Morgan fingerprint density at radius 2 is 1.83 bits per heavy atom. The summed E-state index contributed by atoms with van der Waals surface area (Å²) in [6, 6.07) is 10.2. The fourth-order valence-corrected chi connectivity index (χ4v) is 4.21. The van der Waals surface area contributed by atoms with Gasteiger partial charge in [0.2, 0.25) is 0 Å². The zero-order chi connectivity index (χ0) is 24.6. The van der Waals surface area contributed by atoms with Crippen LogP contribution in [0.3, 0.4) is 0 Å². The van der Waals surface area contributed by atoms with E-state index in [1.807, 2.05) is 25.1 Å². The van der Waals surface area contributed by atoms with Crippen molar-refractivity contribution in [3.8, 4) is 11.3 Å². The van der Waals surface area contributed by atoms with Crippen LogP contribution in [0.25, 0.3) is 16.9 Å². The van der Waals surface area contributed by atoms with E-state index in [2.05, 4.69) is 15.0 Å². The number of hydrogen-bond donors (Lipinski definition) is 0. The molecule has 0 unspecified atom stereocenters. The summed E-state index contributed by atoms with van der Waals surface area (Å²) in [7, 11) is 0. The van der Waals surface area contributed by atoms with Crippen molar-refractivity contribution in [1.29, 1.82) is 0 Å². The Bertz CT molecular complexity index is 1330. The molecular formula is C27H28ClFN4O2. The maximum absolute atomic E-state index is 14.2. The molecule has 1 saturated heterocycles. The van der Waals surface area contributed by atoms with Gasteiger partial charge in [-0.25, -0.2) is 9.37 Å². The van der Waals surface area contributed by atoms with Crippen LogP contribution in [0.4, 0.5) is 4.39 Å². The molecule has 1 aromatic carbocycles. The van der Waals surface area contributed by atoms with E-state index in [9.17, 15) is 9.18 Å². The highest BCUT2D eigenvalue weighted by molar-refractivity contribution is 6.30. The maximum Gasteiger partial charge on any atom is 0.261 e. The molecule has 1 fully saturated rings. The first-order valence-electron chi connectivity index (χ1n) is 11.8. The SMILES string of the molecule is C1CCOCC1.Cc1ccccn1.O=c1c2c(nc3c(-c4ccc(Cl)cc4F)nccn13)CCC2. The molecule has 6 rings (SSSR count). The van der Waals surface area contributed by atoms with Crippen molar-refractivity contribution in [2.45, 2.75) is 45.4 Å². The van der Waals surface area contributed by atoms with Crippen LogP contribution in [-0.4, -0.2) is 32.6 Å². The molecule has 8 heteroatoms. The molecule has 0 radical (unpaired) electrons. The fourth-order valence-electron chi connectivity index (χ4n) is 4.05. The van der Waals surface area contributed by atoms with Crippen LogP contribution in [0.5, 0.6) is 0 Å². The Hall–Kier alpha value is -3.16. The molecule has 0 atom stereocenters. The van der Waals surface area contributed by atoms with Gasteiger partial charge in [0.05, 0.1) is 5.69 Å². The Kier molecular flexibility index (Phi) is 8.55. The fraction of sp³-hybridized carbons (Fsp3) is 0.333. The minimum atomic E-state index is -0.483. The number of ether oxygens (including phenoxy) is 1. The van der Waals surface area contributed by atoms with Gasteiger partial charge in [-0.3, -0.25) is 19.2 Å². The summed E-state index contributed by atoms with van der Waals surface area (Å²) < 4.78 is 20.7. The molecule has 3 aromatic heterocycles. The van der Waals surface area contributed by atoms with Crippen molar-refractivity contribution < 1.29 is 9.13 Å². The van der Waals surface area contributed by atoms with Gasteiger partial charge in [0, 0.05) is 53.6 Å². The van der Waals surface area contributed by atoms with Crippen molar-refractivity contribution in [2.24, 2.45) is 0 Å². The minimum absolute atomic E-state index is 0.0875. The first kappa shape index (κ1) is 24.9. The van der Waals surface area contributed by atoms with Crippen molar-refractivity contribution in [3.63, 3.8) is 0 Å². The molecule has 6 nitrogen and oxygen atoms in total. The van der Waals surface area contributed by atoms with E-state index in [0.29, 0.717) is 16.4 Å². The smallest absolute Gasteiger partial charge is 0.261 e. The quantitative estimate of drug-likeness (QED) is 0.344. The number of hydrogen-bond acceptors (Lipinski definition) is 5. The van der Waals surface area contributed by atoms with E-state index >= 15 is 0 Å². The third-order valence-corrected chi connectivity index (χ3v) is 6.08. The lowest BCUT2D eigenvalue weighted by Crippen LogP contribution is -2.20. The summed E-state index contributed by atoms with van der Waals surface area (Å²) in [6.07, 6.45) is 11.2. The Morgan fingerprint density at radius 3 is 2.43 bits per heavy atom. The lowest BCUT2D eigenvalue weighted by Gasteiger charge is -2.09. The van der Waals surface area contributed by atoms with Crippen molar-refractivity contribution >= 4 is 17.2 Å². The standard InChI is InChI=1S/C16H11ClFN3O.C6H7N.C5H10O/c17-9-4-5-10(12(18)8-9)14-15-20-13-3-1-2-11(13)16(22)21(15)7-6-19-14;1-6-4-2-3-5-7-6;1-2-4-6-5-3-1/h4-8H,1-3H2;2-5H,1H3;1-5H2. The van der Waals surface area contributed by atoms with Gasteiger partial charge in [0.25, 0.3) is 5.56 Å². The second-order valence-corrected chi connectivity index (χ2v) is 8.87. The lowest BCUT2D eigenvalue weighted by atomic mass is 10.1. The topological polar surface area (TPSA) is 69.4 Å².